The third kappa shape index (κ3) is 2.34. The van der Waals surface area contributed by atoms with Gasteiger partial charge in [-0.2, -0.15) is 5.26 Å². The predicted molar refractivity (Wildman–Crippen MR) is 67.6 cm³/mol. The molecule has 0 amide bonds. The lowest BCUT2D eigenvalue weighted by Gasteiger charge is -2.36. The lowest BCUT2D eigenvalue weighted by molar-refractivity contribution is 0.0971. The van der Waals surface area contributed by atoms with Crippen LogP contribution in [0.15, 0.2) is 18.2 Å². The van der Waals surface area contributed by atoms with E-state index in [0.29, 0.717) is 11.3 Å². The summed E-state index contributed by atoms with van der Waals surface area (Å²) in [5.41, 5.74) is 7.86. The molecule has 1 aliphatic heterocycles. The van der Waals surface area contributed by atoms with E-state index in [1.807, 2.05) is 19.1 Å². The van der Waals surface area contributed by atoms with E-state index < -0.39 is 0 Å². The number of rotatable bonds is 1. The van der Waals surface area contributed by atoms with Gasteiger partial charge in [-0.1, -0.05) is 6.92 Å². The molecule has 0 radical (unpaired) electrons. The molecule has 2 rings (SSSR count). The molecule has 0 spiro atoms. The van der Waals surface area contributed by atoms with E-state index in [-0.39, 0.29) is 12.0 Å². The van der Waals surface area contributed by atoms with Gasteiger partial charge < -0.3 is 15.7 Å². The number of hydrogen-bond donors (Lipinski definition) is 2. The largest absolute Gasteiger partial charge is 0.398 e. The van der Waals surface area contributed by atoms with Crippen LogP contribution in [0, 0.1) is 17.2 Å². The van der Waals surface area contributed by atoms with Gasteiger partial charge in [0.2, 0.25) is 0 Å². The van der Waals surface area contributed by atoms with Gasteiger partial charge in [0.15, 0.2) is 0 Å². The lowest BCUT2D eigenvalue weighted by atomic mass is 9.96. The molecular formula is C13H17N3O. The summed E-state index contributed by atoms with van der Waals surface area (Å²) in [6.07, 6.45) is 0.572. The molecule has 1 aromatic carbocycles. The van der Waals surface area contributed by atoms with Crippen LogP contribution in [-0.2, 0) is 0 Å². The number of nitrogens with zero attached hydrogens (tertiary/aromatic N) is 2. The molecule has 90 valence electrons. The average molecular weight is 231 g/mol. The van der Waals surface area contributed by atoms with Crippen LogP contribution in [0.25, 0.3) is 0 Å². The van der Waals surface area contributed by atoms with Crippen LogP contribution in [0.3, 0.4) is 0 Å². The summed E-state index contributed by atoms with van der Waals surface area (Å²) in [4.78, 5) is 2.20. The summed E-state index contributed by atoms with van der Waals surface area (Å²) in [5.74, 6) is 0.264. The molecule has 1 heterocycles. The molecule has 1 aromatic rings. The second kappa shape index (κ2) is 4.64. The zero-order chi connectivity index (χ0) is 12.4. The van der Waals surface area contributed by atoms with Crippen molar-refractivity contribution >= 4 is 11.4 Å². The molecule has 2 atom stereocenters. The van der Waals surface area contributed by atoms with Crippen LogP contribution < -0.4 is 10.6 Å². The number of aliphatic hydroxyl groups excluding tert-OH is 1. The maximum absolute atomic E-state index is 9.68. The summed E-state index contributed by atoms with van der Waals surface area (Å²) < 4.78 is 0. The number of nitriles is 1. The van der Waals surface area contributed by atoms with Crippen molar-refractivity contribution in [2.24, 2.45) is 5.92 Å². The lowest BCUT2D eigenvalue weighted by Crippen LogP contribution is -2.41. The van der Waals surface area contributed by atoms with Gasteiger partial charge in [-0.3, -0.25) is 0 Å². The summed E-state index contributed by atoms with van der Waals surface area (Å²) in [7, 11) is 0. The van der Waals surface area contributed by atoms with Crippen molar-refractivity contribution in [3.63, 3.8) is 0 Å². The van der Waals surface area contributed by atoms with Crippen molar-refractivity contribution in [2.45, 2.75) is 19.4 Å². The van der Waals surface area contributed by atoms with Crippen LogP contribution in [0.5, 0.6) is 0 Å². The van der Waals surface area contributed by atoms with Gasteiger partial charge in [-0.05, 0) is 30.5 Å². The first-order valence-corrected chi connectivity index (χ1v) is 5.84. The summed E-state index contributed by atoms with van der Waals surface area (Å²) in [5, 5.41) is 18.5. The highest BCUT2D eigenvalue weighted by Gasteiger charge is 2.24. The van der Waals surface area contributed by atoms with Crippen molar-refractivity contribution in [3.8, 4) is 6.07 Å². The number of piperidine rings is 1. The highest BCUT2D eigenvalue weighted by Crippen LogP contribution is 2.26. The summed E-state index contributed by atoms with van der Waals surface area (Å²) in [6.45, 7) is 3.70. The highest BCUT2D eigenvalue weighted by molar-refractivity contribution is 5.63. The number of benzene rings is 1. The van der Waals surface area contributed by atoms with Crippen LogP contribution in [0.2, 0.25) is 0 Å². The van der Waals surface area contributed by atoms with E-state index >= 15 is 0 Å². The Morgan fingerprint density at radius 1 is 1.53 bits per heavy atom. The molecule has 1 fully saturated rings. The Balaban J connectivity index is 2.18. The van der Waals surface area contributed by atoms with E-state index in [0.717, 1.165) is 25.2 Å². The zero-order valence-electron chi connectivity index (χ0n) is 9.93. The number of nitrogen functional groups attached to an aromatic ring is 1. The summed E-state index contributed by atoms with van der Waals surface area (Å²) >= 11 is 0. The van der Waals surface area contributed by atoms with Crippen molar-refractivity contribution in [1.82, 2.24) is 0 Å². The molecule has 2 unspecified atom stereocenters. The van der Waals surface area contributed by atoms with Gasteiger partial charge >= 0.3 is 0 Å². The van der Waals surface area contributed by atoms with Gasteiger partial charge in [0, 0.05) is 18.8 Å². The molecular weight excluding hydrogens is 214 g/mol. The number of anilines is 2. The first kappa shape index (κ1) is 11.7. The molecule has 17 heavy (non-hydrogen) atoms. The van der Waals surface area contributed by atoms with Gasteiger partial charge in [-0.15, -0.1) is 0 Å². The monoisotopic (exact) mass is 231 g/mol. The smallest absolute Gasteiger partial charge is 0.101 e. The first-order chi connectivity index (χ1) is 8.11. The molecule has 0 aromatic heterocycles. The van der Waals surface area contributed by atoms with E-state index in [9.17, 15) is 5.11 Å². The molecule has 0 saturated carbocycles. The Labute approximate surface area is 101 Å². The predicted octanol–water partition coefficient (Wildman–Crippen LogP) is 1.35. The number of nitrogens with two attached hydrogens (primary N) is 1. The minimum Gasteiger partial charge on any atom is -0.398 e. The first-order valence-electron chi connectivity index (χ1n) is 5.84. The minimum absolute atomic E-state index is 0.207. The molecule has 1 aliphatic rings. The SMILES string of the molecule is CC1CN(c2ccc(C#N)c(N)c2)CCC1O. The van der Waals surface area contributed by atoms with Gasteiger partial charge in [0.05, 0.1) is 17.4 Å². The minimum atomic E-state index is -0.207. The normalized spacial score (nSPS) is 24.4. The fourth-order valence-corrected chi connectivity index (χ4v) is 2.22. The van der Waals surface area contributed by atoms with Gasteiger partial charge in [0.1, 0.15) is 6.07 Å². The third-order valence-corrected chi connectivity index (χ3v) is 3.38. The van der Waals surface area contributed by atoms with E-state index in [4.69, 9.17) is 11.0 Å². The number of hydrogen-bond acceptors (Lipinski definition) is 4. The molecule has 4 heteroatoms. The molecule has 4 nitrogen and oxygen atoms in total. The maximum Gasteiger partial charge on any atom is 0.101 e. The van der Waals surface area contributed by atoms with E-state index in [2.05, 4.69) is 11.0 Å². The Morgan fingerprint density at radius 2 is 2.29 bits per heavy atom. The fourth-order valence-electron chi connectivity index (χ4n) is 2.22. The third-order valence-electron chi connectivity index (χ3n) is 3.38. The second-order valence-electron chi connectivity index (χ2n) is 4.66. The standard InChI is InChI=1S/C13H17N3O/c1-9-8-16(5-4-13(9)17)11-3-2-10(7-14)12(15)6-11/h2-3,6,9,13,17H,4-5,8,15H2,1H3. The Hall–Kier alpha value is -1.73. The van der Waals surface area contributed by atoms with Crippen molar-refractivity contribution in [3.05, 3.63) is 23.8 Å². The Morgan fingerprint density at radius 3 is 2.88 bits per heavy atom. The fraction of sp³-hybridized carbons (Fsp3) is 0.462. The van der Waals surface area contributed by atoms with Crippen LogP contribution in [-0.4, -0.2) is 24.3 Å². The summed E-state index contributed by atoms with van der Waals surface area (Å²) in [6, 6.07) is 7.56. The quantitative estimate of drug-likeness (QED) is 0.715. The van der Waals surface area contributed by atoms with Gasteiger partial charge in [-0.25, -0.2) is 0 Å². The number of aliphatic hydroxyl groups is 1. The van der Waals surface area contributed by atoms with Crippen molar-refractivity contribution in [1.29, 1.82) is 5.26 Å². The van der Waals surface area contributed by atoms with Gasteiger partial charge in [0.25, 0.3) is 0 Å². The Bertz CT molecular complexity index is 452. The zero-order valence-corrected chi connectivity index (χ0v) is 9.93. The van der Waals surface area contributed by atoms with E-state index in [1.165, 1.54) is 0 Å². The van der Waals surface area contributed by atoms with E-state index in [1.54, 1.807) is 6.07 Å². The van der Waals surface area contributed by atoms with Crippen molar-refractivity contribution < 1.29 is 5.11 Å². The maximum atomic E-state index is 9.68. The van der Waals surface area contributed by atoms with Crippen LogP contribution >= 0.6 is 0 Å². The second-order valence-corrected chi connectivity index (χ2v) is 4.66. The topological polar surface area (TPSA) is 73.3 Å². The van der Waals surface area contributed by atoms with Crippen LogP contribution in [0.1, 0.15) is 18.9 Å². The Kier molecular flexibility index (Phi) is 3.21. The van der Waals surface area contributed by atoms with Crippen LogP contribution in [0.4, 0.5) is 11.4 Å². The molecule has 0 aliphatic carbocycles. The average Bonchev–Trinajstić information content (AvgIpc) is 2.32. The molecule has 1 saturated heterocycles. The molecule has 3 N–H and O–H groups in total. The highest BCUT2D eigenvalue weighted by atomic mass is 16.3. The molecule has 0 bridgehead atoms. The van der Waals surface area contributed by atoms with Crippen molar-refractivity contribution in [2.75, 3.05) is 23.7 Å².